The van der Waals surface area contributed by atoms with Crippen molar-refractivity contribution >= 4 is 10.8 Å². The molecule has 186 valence electrons. The van der Waals surface area contributed by atoms with Crippen molar-refractivity contribution in [3.8, 4) is 5.75 Å². The van der Waals surface area contributed by atoms with Gasteiger partial charge in [-0.1, -0.05) is 76.2 Å². The summed E-state index contributed by atoms with van der Waals surface area (Å²) in [6.07, 6.45) is 19.3. The first kappa shape index (κ1) is 25.2. The lowest BCUT2D eigenvalue weighted by Crippen LogP contribution is -2.30. The number of hydrogen-bond acceptors (Lipinski definition) is 1. The molecule has 2 aliphatic rings. The third-order valence-electron chi connectivity index (χ3n) is 8.48. The summed E-state index contributed by atoms with van der Waals surface area (Å²) < 4.78 is 35.7. The van der Waals surface area contributed by atoms with Crippen LogP contribution in [0.25, 0.3) is 10.8 Å². The van der Waals surface area contributed by atoms with Crippen molar-refractivity contribution in [2.45, 2.75) is 96.8 Å². The largest absolute Gasteiger partial charge is 0.486 e. The lowest BCUT2D eigenvalue weighted by atomic mass is 9.63. The summed E-state index contributed by atoms with van der Waals surface area (Å²) in [7, 11) is 0. The van der Waals surface area contributed by atoms with E-state index in [1.165, 1.54) is 70.3 Å². The molecule has 0 N–H and O–H groups in total. The second-order valence-corrected chi connectivity index (χ2v) is 10.8. The van der Waals surface area contributed by atoms with E-state index in [2.05, 4.69) is 6.92 Å². The number of unbranched alkanes of at least 4 members (excludes halogenated alkanes) is 4. The summed E-state index contributed by atoms with van der Waals surface area (Å²) in [6, 6.07) is 6.83. The molecule has 4 rings (SSSR count). The molecule has 0 aromatic heterocycles. The van der Waals surface area contributed by atoms with Gasteiger partial charge in [-0.15, -0.1) is 0 Å². The monoisotopic (exact) mass is 468 g/mol. The summed E-state index contributed by atoms with van der Waals surface area (Å²) >= 11 is 0. The molecule has 0 bridgehead atoms. The van der Waals surface area contributed by atoms with Gasteiger partial charge in [0.25, 0.3) is 0 Å². The van der Waals surface area contributed by atoms with Crippen LogP contribution < -0.4 is 4.74 Å². The van der Waals surface area contributed by atoms with Crippen LogP contribution in [0.2, 0.25) is 0 Å². The van der Waals surface area contributed by atoms with Crippen LogP contribution in [-0.4, -0.2) is 6.61 Å². The molecule has 1 nitrogen and oxygen atoms in total. The van der Waals surface area contributed by atoms with E-state index >= 15 is 4.39 Å². The van der Waals surface area contributed by atoms with Crippen LogP contribution >= 0.6 is 0 Å². The maximum absolute atomic E-state index is 15.6. The zero-order valence-corrected chi connectivity index (χ0v) is 21.1. The summed E-state index contributed by atoms with van der Waals surface area (Å²) in [6.45, 7) is 4.48. The molecule has 0 aliphatic heterocycles. The number of ether oxygens (including phenoxy) is 1. The Morgan fingerprint density at radius 2 is 1.74 bits per heavy atom. The number of hydrogen-bond donors (Lipinski definition) is 0. The van der Waals surface area contributed by atoms with Crippen LogP contribution in [-0.2, 0) is 0 Å². The van der Waals surface area contributed by atoms with Crippen molar-refractivity contribution in [3.05, 3.63) is 53.6 Å². The van der Waals surface area contributed by atoms with Crippen LogP contribution in [0.5, 0.6) is 5.75 Å². The lowest BCUT2D eigenvalue weighted by molar-refractivity contribution is 0.112. The Kier molecular flexibility index (Phi) is 9.03. The average molecular weight is 469 g/mol. The third-order valence-corrected chi connectivity index (χ3v) is 8.48. The Balaban J connectivity index is 1.38. The number of fused-ring (bicyclic) bond motifs is 2. The minimum absolute atomic E-state index is 0.181. The van der Waals surface area contributed by atoms with E-state index in [1.807, 2.05) is 31.2 Å². The van der Waals surface area contributed by atoms with Gasteiger partial charge in [0.1, 0.15) is 12.4 Å². The quantitative estimate of drug-likeness (QED) is 0.249. The van der Waals surface area contributed by atoms with E-state index in [-0.39, 0.29) is 17.5 Å². The fraction of sp³-hybridized carbons (Fsp3) is 0.613. The van der Waals surface area contributed by atoms with Crippen molar-refractivity contribution in [3.63, 3.8) is 0 Å². The van der Waals surface area contributed by atoms with Gasteiger partial charge in [0.15, 0.2) is 11.6 Å². The molecule has 2 aromatic rings. The van der Waals surface area contributed by atoms with Gasteiger partial charge in [0, 0.05) is 5.39 Å². The molecule has 2 saturated carbocycles. The predicted molar refractivity (Wildman–Crippen MR) is 138 cm³/mol. The Morgan fingerprint density at radius 3 is 2.56 bits per heavy atom. The molecule has 2 unspecified atom stereocenters. The van der Waals surface area contributed by atoms with Gasteiger partial charge in [0.2, 0.25) is 0 Å². The van der Waals surface area contributed by atoms with Gasteiger partial charge in [0.05, 0.1) is 0 Å². The van der Waals surface area contributed by atoms with E-state index in [4.69, 9.17) is 4.74 Å². The fourth-order valence-electron chi connectivity index (χ4n) is 6.53. The highest BCUT2D eigenvalue weighted by Gasteiger charge is 2.36. The Labute approximate surface area is 205 Å². The van der Waals surface area contributed by atoms with Crippen molar-refractivity contribution in [2.75, 3.05) is 6.61 Å². The van der Waals surface area contributed by atoms with Crippen molar-refractivity contribution < 1.29 is 13.5 Å². The van der Waals surface area contributed by atoms with E-state index in [9.17, 15) is 4.39 Å². The van der Waals surface area contributed by atoms with Gasteiger partial charge in [-0.25, -0.2) is 8.78 Å². The second-order valence-electron chi connectivity index (χ2n) is 10.8. The SMILES string of the molecule is C/C=C/COc1cc2ccc([C@@H]3CC[C@@H]4CC(CCCCCCC)CCC4C3)c(F)c2cc1F. The number of halogens is 2. The van der Waals surface area contributed by atoms with E-state index < -0.39 is 5.82 Å². The molecule has 0 radical (unpaired) electrons. The van der Waals surface area contributed by atoms with Crippen LogP contribution in [0.1, 0.15) is 102 Å². The van der Waals surface area contributed by atoms with E-state index in [0.717, 1.165) is 36.2 Å². The molecule has 0 spiro atoms. The summed E-state index contributed by atoms with van der Waals surface area (Å²) in [5, 5.41) is 1.08. The smallest absolute Gasteiger partial charge is 0.165 e. The lowest BCUT2D eigenvalue weighted by Gasteiger charge is -2.42. The Hall–Kier alpha value is -1.90. The van der Waals surface area contributed by atoms with E-state index in [1.54, 1.807) is 6.07 Å². The molecule has 0 heterocycles. The molecule has 0 saturated heterocycles. The Morgan fingerprint density at radius 1 is 0.941 bits per heavy atom. The normalized spacial score (nSPS) is 25.1. The molecular formula is C31H42F2O. The van der Waals surface area contributed by atoms with Gasteiger partial charge in [-0.3, -0.25) is 0 Å². The standard InChI is InChI=1S/C31H42F2O/c1-3-5-7-8-9-10-22-11-12-24-19-25(14-13-23(24)18-22)27-16-15-26-20-30(34-17-6-4-2)29(32)21-28(26)31(27)33/h4,6,15-16,20-25H,3,5,7-14,17-19H2,1-2H3/b6-4+/t22?,23-,24?,25-/m1/s1. The molecule has 2 aliphatic carbocycles. The molecule has 2 aromatic carbocycles. The second kappa shape index (κ2) is 12.2. The van der Waals surface area contributed by atoms with Crippen LogP contribution in [0.3, 0.4) is 0 Å². The zero-order chi connectivity index (χ0) is 23.9. The summed E-state index contributed by atoms with van der Waals surface area (Å²) in [5.41, 5.74) is 0.783. The highest BCUT2D eigenvalue weighted by atomic mass is 19.1. The first-order valence-corrected chi connectivity index (χ1v) is 13.8. The van der Waals surface area contributed by atoms with Crippen molar-refractivity contribution in [1.29, 1.82) is 0 Å². The van der Waals surface area contributed by atoms with Crippen molar-refractivity contribution in [1.82, 2.24) is 0 Å². The number of rotatable bonds is 10. The van der Waals surface area contributed by atoms with Crippen LogP contribution in [0.4, 0.5) is 8.78 Å². The minimum atomic E-state index is -0.496. The maximum Gasteiger partial charge on any atom is 0.165 e. The molecule has 34 heavy (non-hydrogen) atoms. The van der Waals surface area contributed by atoms with E-state index in [0.29, 0.717) is 17.4 Å². The van der Waals surface area contributed by atoms with Gasteiger partial charge in [-0.2, -0.15) is 0 Å². The summed E-state index contributed by atoms with van der Waals surface area (Å²) in [4.78, 5) is 0. The number of benzene rings is 2. The van der Waals surface area contributed by atoms with Crippen molar-refractivity contribution in [2.24, 2.45) is 17.8 Å². The van der Waals surface area contributed by atoms with Gasteiger partial charge < -0.3 is 4.74 Å². The molecule has 4 atom stereocenters. The summed E-state index contributed by atoms with van der Waals surface area (Å²) in [5.74, 6) is 2.16. The predicted octanol–water partition coefficient (Wildman–Crippen LogP) is 9.73. The topological polar surface area (TPSA) is 9.23 Å². The third kappa shape index (κ3) is 6.01. The van der Waals surface area contributed by atoms with Gasteiger partial charge in [-0.05, 0) is 85.8 Å². The first-order valence-electron chi connectivity index (χ1n) is 13.8. The van der Waals surface area contributed by atoms with Crippen LogP contribution in [0, 0.1) is 29.4 Å². The molecule has 3 heteroatoms. The molecule has 0 amide bonds. The fourth-order valence-corrected chi connectivity index (χ4v) is 6.53. The maximum atomic E-state index is 15.6. The Bertz CT molecular complexity index is 966. The molecule has 2 fully saturated rings. The average Bonchev–Trinajstić information content (AvgIpc) is 2.85. The minimum Gasteiger partial charge on any atom is -0.486 e. The molecular weight excluding hydrogens is 426 g/mol. The highest BCUT2D eigenvalue weighted by molar-refractivity contribution is 5.85. The number of allylic oxidation sites excluding steroid dienone is 1. The highest BCUT2D eigenvalue weighted by Crippen LogP contribution is 2.49. The first-order chi connectivity index (χ1) is 16.6. The zero-order valence-electron chi connectivity index (χ0n) is 21.1. The van der Waals surface area contributed by atoms with Crippen LogP contribution in [0.15, 0.2) is 36.4 Å². The van der Waals surface area contributed by atoms with Gasteiger partial charge >= 0.3 is 0 Å².